The van der Waals surface area contributed by atoms with E-state index < -0.39 is 0 Å². The fourth-order valence-corrected chi connectivity index (χ4v) is 1.83. The summed E-state index contributed by atoms with van der Waals surface area (Å²) in [6, 6.07) is 6.23. The highest BCUT2D eigenvalue weighted by Gasteiger charge is 2.11. The molecule has 0 aliphatic heterocycles. The molecule has 0 aromatic heterocycles. The normalized spacial score (nSPS) is 12.5. The van der Waals surface area contributed by atoms with E-state index in [-0.39, 0.29) is 5.92 Å². The minimum Gasteiger partial charge on any atom is -0.496 e. The van der Waals surface area contributed by atoms with Crippen molar-refractivity contribution in [2.75, 3.05) is 27.4 Å². The van der Waals surface area contributed by atoms with Crippen molar-refractivity contribution >= 4 is 0 Å². The van der Waals surface area contributed by atoms with Crippen LogP contribution in [-0.2, 0) is 11.2 Å². The smallest absolute Gasteiger partial charge is 0.122 e. The van der Waals surface area contributed by atoms with E-state index in [0.717, 1.165) is 12.2 Å². The first-order valence-electron chi connectivity index (χ1n) is 5.62. The van der Waals surface area contributed by atoms with Gasteiger partial charge in [-0.3, -0.25) is 0 Å². The predicted octanol–water partition coefficient (Wildman–Crippen LogP) is 1.95. The van der Waals surface area contributed by atoms with Gasteiger partial charge in [0.1, 0.15) is 5.75 Å². The lowest BCUT2D eigenvalue weighted by Gasteiger charge is -2.16. The molecule has 0 saturated heterocycles. The van der Waals surface area contributed by atoms with Crippen LogP contribution in [0.2, 0.25) is 0 Å². The third-order valence-electron chi connectivity index (χ3n) is 2.81. The van der Waals surface area contributed by atoms with Gasteiger partial charge in [0.2, 0.25) is 0 Å². The monoisotopic (exact) mass is 223 g/mol. The highest BCUT2D eigenvalue weighted by molar-refractivity contribution is 5.38. The van der Waals surface area contributed by atoms with E-state index in [0.29, 0.717) is 13.2 Å². The summed E-state index contributed by atoms with van der Waals surface area (Å²) in [6.07, 6.45) is 0.960. The summed E-state index contributed by atoms with van der Waals surface area (Å²) < 4.78 is 10.5. The molecule has 3 heteroatoms. The van der Waals surface area contributed by atoms with Gasteiger partial charge in [-0.2, -0.15) is 0 Å². The quantitative estimate of drug-likeness (QED) is 0.801. The van der Waals surface area contributed by atoms with Gasteiger partial charge in [-0.1, -0.05) is 19.1 Å². The summed E-state index contributed by atoms with van der Waals surface area (Å²) in [5, 5.41) is 0. The maximum atomic E-state index is 5.74. The Hall–Kier alpha value is -1.06. The van der Waals surface area contributed by atoms with Crippen molar-refractivity contribution in [1.29, 1.82) is 0 Å². The third-order valence-corrected chi connectivity index (χ3v) is 2.81. The molecule has 16 heavy (non-hydrogen) atoms. The van der Waals surface area contributed by atoms with Gasteiger partial charge < -0.3 is 15.2 Å². The lowest BCUT2D eigenvalue weighted by Crippen LogP contribution is -2.17. The summed E-state index contributed by atoms with van der Waals surface area (Å²) in [4.78, 5) is 0. The van der Waals surface area contributed by atoms with Crippen molar-refractivity contribution in [2.45, 2.75) is 19.3 Å². The molecular formula is C13H21NO2. The van der Waals surface area contributed by atoms with Gasteiger partial charge in [-0.25, -0.2) is 0 Å². The molecule has 1 atom stereocenters. The van der Waals surface area contributed by atoms with Crippen LogP contribution in [0, 0.1) is 0 Å². The average Bonchev–Trinajstić information content (AvgIpc) is 2.35. The highest BCUT2D eigenvalue weighted by Crippen LogP contribution is 2.24. The second kappa shape index (κ2) is 6.51. The predicted molar refractivity (Wildman–Crippen MR) is 66.0 cm³/mol. The summed E-state index contributed by atoms with van der Waals surface area (Å²) in [5.74, 6) is 1.21. The molecule has 0 aliphatic carbocycles. The lowest BCUT2D eigenvalue weighted by atomic mass is 9.97. The van der Waals surface area contributed by atoms with Crippen LogP contribution in [0.1, 0.15) is 24.0 Å². The van der Waals surface area contributed by atoms with E-state index >= 15 is 0 Å². The molecule has 3 nitrogen and oxygen atoms in total. The van der Waals surface area contributed by atoms with Crippen molar-refractivity contribution in [1.82, 2.24) is 0 Å². The van der Waals surface area contributed by atoms with Crippen LogP contribution < -0.4 is 10.5 Å². The Bertz CT molecular complexity index is 326. The van der Waals surface area contributed by atoms with Crippen molar-refractivity contribution in [2.24, 2.45) is 5.73 Å². The van der Waals surface area contributed by atoms with E-state index in [4.69, 9.17) is 15.2 Å². The molecule has 0 radical (unpaired) electrons. The number of methoxy groups -OCH3 is 2. The zero-order valence-corrected chi connectivity index (χ0v) is 10.3. The molecule has 0 fully saturated rings. The molecule has 1 rings (SSSR count). The number of aryl methyl sites for hydroxylation is 1. The van der Waals surface area contributed by atoms with Crippen LogP contribution in [0.15, 0.2) is 18.2 Å². The van der Waals surface area contributed by atoms with Gasteiger partial charge in [-0.05, 0) is 23.6 Å². The highest BCUT2D eigenvalue weighted by atomic mass is 16.5. The first-order valence-corrected chi connectivity index (χ1v) is 5.62. The SMILES string of the molecule is CCc1cc(C(CN)COC)ccc1OC. The van der Waals surface area contributed by atoms with Gasteiger partial charge in [0, 0.05) is 19.6 Å². The first-order chi connectivity index (χ1) is 7.76. The van der Waals surface area contributed by atoms with Crippen LogP contribution in [-0.4, -0.2) is 27.4 Å². The molecule has 0 aliphatic rings. The molecule has 2 N–H and O–H groups in total. The standard InChI is InChI=1S/C13H21NO2/c1-4-10-7-11(5-6-13(10)16-3)12(8-14)9-15-2/h5-7,12H,4,8-9,14H2,1-3H3. The number of benzene rings is 1. The molecule has 0 amide bonds. The second-order valence-corrected chi connectivity index (χ2v) is 3.81. The number of rotatable bonds is 6. The van der Waals surface area contributed by atoms with Crippen molar-refractivity contribution in [3.8, 4) is 5.75 Å². The van der Waals surface area contributed by atoms with Gasteiger partial charge in [-0.15, -0.1) is 0 Å². The third kappa shape index (κ3) is 2.97. The molecule has 1 aromatic carbocycles. The van der Waals surface area contributed by atoms with E-state index in [1.165, 1.54) is 11.1 Å². The van der Waals surface area contributed by atoms with Crippen LogP contribution in [0.5, 0.6) is 5.75 Å². The van der Waals surface area contributed by atoms with E-state index in [1.807, 2.05) is 6.07 Å². The van der Waals surface area contributed by atoms with Crippen LogP contribution in [0.25, 0.3) is 0 Å². The minimum atomic E-state index is 0.265. The Morgan fingerprint density at radius 3 is 2.56 bits per heavy atom. The average molecular weight is 223 g/mol. The number of hydrogen-bond acceptors (Lipinski definition) is 3. The van der Waals surface area contributed by atoms with E-state index in [1.54, 1.807) is 14.2 Å². The molecule has 0 saturated carbocycles. The Morgan fingerprint density at radius 2 is 2.06 bits per heavy atom. The second-order valence-electron chi connectivity index (χ2n) is 3.81. The van der Waals surface area contributed by atoms with Crippen LogP contribution in [0.3, 0.4) is 0 Å². The summed E-state index contributed by atoms with van der Waals surface area (Å²) in [7, 11) is 3.40. The zero-order chi connectivity index (χ0) is 12.0. The molecule has 90 valence electrons. The van der Waals surface area contributed by atoms with Crippen molar-refractivity contribution in [3.63, 3.8) is 0 Å². The van der Waals surface area contributed by atoms with Gasteiger partial charge in [0.15, 0.2) is 0 Å². The first kappa shape index (κ1) is 13.0. The van der Waals surface area contributed by atoms with E-state index in [2.05, 4.69) is 19.1 Å². The Balaban J connectivity index is 2.96. The van der Waals surface area contributed by atoms with Gasteiger partial charge >= 0.3 is 0 Å². The Morgan fingerprint density at radius 1 is 1.31 bits per heavy atom. The minimum absolute atomic E-state index is 0.265. The number of nitrogens with two attached hydrogens (primary N) is 1. The van der Waals surface area contributed by atoms with Gasteiger partial charge in [0.25, 0.3) is 0 Å². The molecule has 1 unspecified atom stereocenters. The molecule has 0 heterocycles. The zero-order valence-electron chi connectivity index (χ0n) is 10.3. The molecule has 0 spiro atoms. The van der Waals surface area contributed by atoms with Crippen molar-refractivity contribution < 1.29 is 9.47 Å². The lowest BCUT2D eigenvalue weighted by molar-refractivity contribution is 0.181. The summed E-state index contributed by atoms with van der Waals surface area (Å²) in [6.45, 7) is 3.38. The number of hydrogen-bond donors (Lipinski definition) is 1. The number of ether oxygens (including phenoxy) is 2. The molecule has 0 bridgehead atoms. The fourth-order valence-electron chi connectivity index (χ4n) is 1.83. The van der Waals surface area contributed by atoms with Gasteiger partial charge in [0.05, 0.1) is 13.7 Å². The largest absolute Gasteiger partial charge is 0.496 e. The van der Waals surface area contributed by atoms with E-state index in [9.17, 15) is 0 Å². The summed E-state index contributed by atoms with van der Waals surface area (Å²) in [5.41, 5.74) is 8.18. The van der Waals surface area contributed by atoms with Crippen molar-refractivity contribution in [3.05, 3.63) is 29.3 Å². The van der Waals surface area contributed by atoms with Crippen LogP contribution in [0.4, 0.5) is 0 Å². The topological polar surface area (TPSA) is 44.5 Å². The maximum absolute atomic E-state index is 5.74. The Labute approximate surface area is 97.6 Å². The molecular weight excluding hydrogens is 202 g/mol. The summed E-state index contributed by atoms with van der Waals surface area (Å²) >= 11 is 0. The Kier molecular flexibility index (Phi) is 5.29. The maximum Gasteiger partial charge on any atom is 0.122 e. The van der Waals surface area contributed by atoms with Crippen LogP contribution >= 0.6 is 0 Å². The molecule has 1 aromatic rings. The fraction of sp³-hybridized carbons (Fsp3) is 0.538.